The molecule has 94 valence electrons. The number of halogens is 1. The van der Waals surface area contributed by atoms with Crippen LogP contribution in [0.5, 0.6) is 5.88 Å². The second kappa shape index (κ2) is 6.21. The number of hydrogen-bond acceptors (Lipinski definition) is 4. The van der Waals surface area contributed by atoms with E-state index in [9.17, 15) is 0 Å². The summed E-state index contributed by atoms with van der Waals surface area (Å²) in [7, 11) is 0. The van der Waals surface area contributed by atoms with Crippen molar-refractivity contribution in [1.29, 1.82) is 0 Å². The zero-order valence-corrected chi connectivity index (χ0v) is 11.4. The second-order valence-electron chi connectivity index (χ2n) is 4.31. The lowest BCUT2D eigenvalue weighted by atomic mass is 10.1. The van der Waals surface area contributed by atoms with Crippen molar-refractivity contribution in [1.82, 2.24) is 9.88 Å². The van der Waals surface area contributed by atoms with Gasteiger partial charge in [0.2, 0.25) is 5.88 Å². The molecule has 1 saturated heterocycles. The number of aromatic nitrogens is 1. The summed E-state index contributed by atoms with van der Waals surface area (Å²) < 4.78 is 6.46. The molecular weight excluding hydrogens is 282 g/mol. The first-order valence-electron chi connectivity index (χ1n) is 6.02. The van der Waals surface area contributed by atoms with Crippen LogP contribution in [-0.4, -0.2) is 36.1 Å². The Balaban J connectivity index is 1.77. The van der Waals surface area contributed by atoms with E-state index in [1.807, 2.05) is 6.07 Å². The molecular formula is C12H18BrN3O. The van der Waals surface area contributed by atoms with E-state index in [2.05, 4.69) is 25.8 Å². The first-order valence-corrected chi connectivity index (χ1v) is 6.81. The first kappa shape index (κ1) is 12.6. The van der Waals surface area contributed by atoms with Crippen LogP contribution in [0, 0.1) is 0 Å². The Hall–Kier alpha value is -0.810. The standard InChI is InChI=1S/C12H18BrN3O/c13-11-8-10(14)9-15-12(11)17-7-6-16-4-2-1-3-5-16/h8-9H,1-7,14H2. The SMILES string of the molecule is Nc1cnc(OCCN2CCCCC2)c(Br)c1. The van der Waals surface area contributed by atoms with Gasteiger partial charge in [0.25, 0.3) is 0 Å². The normalized spacial score (nSPS) is 17.0. The Morgan fingerprint density at radius 2 is 2.12 bits per heavy atom. The lowest BCUT2D eigenvalue weighted by Gasteiger charge is -2.26. The molecule has 1 fully saturated rings. The highest BCUT2D eigenvalue weighted by Gasteiger charge is 2.10. The van der Waals surface area contributed by atoms with Crippen LogP contribution in [-0.2, 0) is 0 Å². The van der Waals surface area contributed by atoms with E-state index in [1.165, 1.54) is 32.4 Å². The van der Waals surface area contributed by atoms with Crippen molar-refractivity contribution in [2.24, 2.45) is 0 Å². The summed E-state index contributed by atoms with van der Waals surface area (Å²) in [6, 6.07) is 1.81. The van der Waals surface area contributed by atoms with Gasteiger partial charge in [0, 0.05) is 6.54 Å². The van der Waals surface area contributed by atoms with E-state index in [-0.39, 0.29) is 0 Å². The lowest BCUT2D eigenvalue weighted by molar-refractivity contribution is 0.180. The summed E-state index contributed by atoms with van der Waals surface area (Å²) in [5, 5.41) is 0. The van der Waals surface area contributed by atoms with E-state index < -0.39 is 0 Å². The molecule has 0 radical (unpaired) electrons. The van der Waals surface area contributed by atoms with Gasteiger partial charge in [-0.25, -0.2) is 4.98 Å². The van der Waals surface area contributed by atoms with Crippen LogP contribution in [0.15, 0.2) is 16.7 Å². The van der Waals surface area contributed by atoms with Crippen molar-refractivity contribution >= 4 is 21.6 Å². The third-order valence-electron chi connectivity index (χ3n) is 2.92. The maximum absolute atomic E-state index is 5.64. The molecule has 0 aliphatic carbocycles. The van der Waals surface area contributed by atoms with Crippen LogP contribution in [0.3, 0.4) is 0 Å². The van der Waals surface area contributed by atoms with Gasteiger partial charge in [-0.1, -0.05) is 6.42 Å². The van der Waals surface area contributed by atoms with E-state index in [4.69, 9.17) is 10.5 Å². The van der Waals surface area contributed by atoms with Gasteiger partial charge in [0.05, 0.1) is 16.4 Å². The van der Waals surface area contributed by atoms with Gasteiger partial charge in [-0.3, -0.25) is 4.90 Å². The van der Waals surface area contributed by atoms with Crippen molar-refractivity contribution in [2.75, 3.05) is 32.0 Å². The highest BCUT2D eigenvalue weighted by atomic mass is 79.9. The molecule has 0 amide bonds. The number of likely N-dealkylation sites (tertiary alicyclic amines) is 1. The number of nitrogens with two attached hydrogens (primary N) is 1. The fraction of sp³-hybridized carbons (Fsp3) is 0.583. The number of nitrogens with zero attached hydrogens (tertiary/aromatic N) is 2. The molecule has 1 aromatic rings. The van der Waals surface area contributed by atoms with Crippen LogP contribution in [0.2, 0.25) is 0 Å². The average Bonchev–Trinajstić information content (AvgIpc) is 2.33. The summed E-state index contributed by atoms with van der Waals surface area (Å²) >= 11 is 3.39. The molecule has 0 aromatic carbocycles. The van der Waals surface area contributed by atoms with Gasteiger partial charge in [-0.2, -0.15) is 0 Å². The largest absolute Gasteiger partial charge is 0.476 e. The molecule has 0 spiro atoms. The lowest BCUT2D eigenvalue weighted by Crippen LogP contribution is -2.33. The minimum atomic E-state index is 0.621. The highest BCUT2D eigenvalue weighted by molar-refractivity contribution is 9.10. The molecule has 0 bridgehead atoms. The van der Waals surface area contributed by atoms with Gasteiger partial charge in [0.15, 0.2) is 0 Å². The smallest absolute Gasteiger partial charge is 0.228 e. The van der Waals surface area contributed by atoms with Gasteiger partial charge in [-0.05, 0) is 47.9 Å². The molecule has 5 heteroatoms. The Kier molecular flexibility index (Phi) is 4.62. The van der Waals surface area contributed by atoms with Crippen molar-refractivity contribution in [3.05, 3.63) is 16.7 Å². The zero-order chi connectivity index (χ0) is 12.1. The third-order valence-corrected chi connectivity index (χ3v) is 3.49. The second-order valence-corrected chi connectivity index (χ2v) is 5.16. The van der Waals surface area contributed by atoms with Crippen LogP contribution >= 0.6 is 15.9 Å². The molecule has 0 unspecified atom stereocenters. The van der Waals surface area contributed by atoms with Crippen molar-refractivity contribution in [2.45, 2.75) is 19.3 Å². The van der Waals surface area contributed by atoms with Gasteiger partial charge in [0.1, 0.15) is 6.61 Å². The molecule has 4 nitrogen and oxygen atoms in total. The Bertz CT molecular complexity index is 367. The number of ether oxygens (including phenoxy) is 1. The fourth-order valence-corrected chi connectivity index (χ4v) is 2.48. The minimum Gasteiger partial charge on any atom is -0.476 e. The molecule has 2 heterocycles. The predicted molar refractivity (Wildman–Crippen MR) is 72.1 cm³/mol. The minimum absolute atomic E-state index is 0.621. The Morgan fingerprint density at radius 1 is 1.35 bits per heavy atom. The zero-order valence-electron chi connectivity index (χ0n) is 9.86. The van der Waals surface area contributed by atoms with E-state index in [0.717, 1.165) is 11.0 Å². The quantitative estimate of drug-likeness (QED) is 0.927. The van der Waals surface area contributed by atoms with Gasteiger partial charge in [-0.15, -0.1) is 0 Å². The van der Waals surface area contributed by atoms with Gasteiger partial charge < -0.3 is 10.5 Å². The van der Waals surface area contributed by atoms with Crippen molar-refractivity contribution in [3.63, 3.8) is 0 Å². The third kappa shape index (κ3) is 3.85. The number of rotatable bonds is 4. The van der Waals surface area contributed by atoms with Crippen molar-refractivity contribution in [3.8, 4) is 5.88 Å². The number of piperidine rings is 1. The first-order chi connectivity index (χ1) is 8.25. The molecule has 1 aromatic heterocycles. The fourth-order valence-electron chi connectivity index (χ4n) is 2.00. The summed E-state index contributed by atoms with van der Waals surface area (Å²) in [5.41, 5.74) is 6.26. The molecule has 17 heavy (non-hydrogen) atoms. The van der Waals surface area contributed by atoms with E-state index in [1.54, 1.807) is 6.20 Å². The molecule has 2 N–H and O–H groups in total. The molecule has 2 rings (SSSR count). The van der Waals surface area contributed by atoms with E-state index >= 15 is 0 Å². The maximum atomic E-state index is 5.64. The van der Waals surface area contributed by atoms with Crippen LogP contribution in [0.25, 0.3) is 0 Å². The molecule has 0 saturated carbocycles. The van der Waals surface area contributed by atoms with Crippen LogP contribution in [0.4, 0.5) is 5.69 Å². The number of hydrogen-bond donors (Lipinski definition) is 1. The summed E-state index contributed by atoms with van der Waals surface area (Å²) in [4.78, 5) is 6.59. The predicted octanol–water partition coefficient (Wildman–Crippen LogP) is 2.29. The number of pyridine rings is 1. The van der Waals surface area contributed by atoms with Crippen LogP contribution < -0.4 is 10.5 Å². The monoisotopic (exact) mass is 299 g/mol. The topological polar surface area (TPSA) is 51.4 Å². The number of nitrogen functional groups attached to an aromatic ring is 1. The Labute approximate surface area is 110 Å². The summed E-state index contributed by atoms with van der Waals surface area (Å²) in [5.74, 6) is 0.621. The summed E-state index contributed by atoms with van der Waals surface area (Å²) in [6.07, 6.45) is 5.59. The molecule has 0 atom stereocenters. The highest BCUT2D eigenvalue weighted by Crippen LogP contribution is 2.23. The molecule has 1 aliphatic heterocycles. The number of anilines is 1. The average molecular weight is 300 g/mol. The summed E-state index contributed by atoms with van der Waals surface area (Å²) in [6.45, 7) is 4.04. The van der Waals surface area contributed by atoms with Crippen LogP contribution in [0.1, 0.15) is 19.3 Å². The van der Waals surface area contributed by atoms with E-state index in [0.29, 0.717) is 18.2 Å². The van der Waals surface area contributed by atoms with Crippen molar-refractivity contribution < 1.29 is 4.74 Å². The molecule has 1 aliphatic rings. The Morgan fingerprint density at radius 3 is 2.82 bits per heavy atom. The maximum Gasteiger partial charge on any atom is 0.228 e. The van der Waals surface area contributed by atoms with Gasteiger partial charge >= 0.3 is 0 Å².